The minimum Gasteiger partial charge on any atom is -0.366 e. The molecule has 0 saturated heterocycles. The summed E-state index contributed by atoms with van der Waals surface area (Å²) in [6, 6.07) is 16.4. The number of aromatic nitrogens is 2. The summed E-state index contributed by atoms with van der Waals surface area (Å²) in [6.07, 6.45) is 0. The van der Waals surface area contributed by atoms with Gasteiger partial charge in [-0.25, -0.2) is 14.4 Å². The van der Waals surface area contributed by atoms with E-state index in [1.54, 1.807) is 43.3 Å². The number of rotatable bonds is 5. The fourth-order valence-electron chi connectivity index (χ4n) is 2.45. The summed E-state index contributed by atoms with van der Waals surface area (Å²) in [5, 5.41) is 14.9. The van der Waals surface area contributed by atoms with E-state index in [1.165, 1.54) is 18.2 Å². The van der Waals surface area contributed by atoms with E-state index in [0.29, 0.717) is 29.4 Å². The first-order valence-electron chi connectivity index (χ1n) is 8.19. The van der Waals surface area contributed by atoms with Crippen LogP contribution in [0.4, 0.5) is 15.9 Å². The third-order valence-corrected chi connectivity index (χ3v) is 3.75. The van der Waals surface area contributed by atoms with Gasteiger partial charge < -0.3 is 10.6 Å². The lowest BCUT2D eigenvalue weighted by Crippen LogP contribution is -2.16. The quantitative estimate of drug-likeness (QED) is 0.724. The van der Waals surface area contributed by atoms with Gasteiger partial charge in [0.1, 0.15) is 29.2 Å². The van der Waals surface area contributed by atoms with Crippen molar-refractivity contribution in [2.75, 3.05) is 10.6 Å². The van der Waals surface area contributed by atoms with E-state index in [2.05, 4.69) is 20.6 Å². The van der Waals surface area contributed by atoms with E-state index in [4.69, 9.17) is 5.26 Å². The molecule has 7 heteroatoms. The van der Waals surface area contributed by atoms with Crippen molar-refractivity contribution in [2.24, 2.45) is 0 Å². The second kappa shape index (κ2) is 8.06. The molecular formula is C20H16FN5O. The van der Waals surface area contributed by atoms with Gasteiger partial charge >= 0.3 is 0 Å². The van der Waals surface area contributed by atoms with Crippen LogP contribution in [0, 0.1) is 24.1 Å². The van der Waals surface area contributed by atoms with Gasteiger partial charge in [0, 0.05) is 12.6 Å². The highest BCUT2D eigenvalue weighted by molar-refractivity contribution is 6.03. The zero-order valence-electron chi connectivity index (χ0n) is 14.5. The Bertz CT molecular complexity index is 1010. The molecule has 0 fully saturated rings. The number of hydrogen-bond acceptors (Lipinski definition) is 5. The van der Waals surface area contributed by atoms with E-state index in [-0.39, 0.29) is 11.5 Å². The monoisotopic (exact) mass is 361 g/mol. The third-order valence-electron chi connectivity index (χ3n) is 3.75. The lowest BCUT2D eigenvalue weighted by atomic mass is 10.2. The second-order valence-corrected chi connectivity index (χ2v) is 5.78. The summed E-state index contributed by atoms with van der Waals surface area (Å²) in [6.45, 7) is 2.11. The molecule has 0 atom stereocenters. The van der Waals surface area contributed by atoms with Crippen LogP contribution in [-0.2, 0) is 6.54 Å². The van der Waals surface area contributed by atoms with E-state index in [9.17, 15) is 9.18 Å². The Hall–Kier alpha value is -3.79. The molecule has 0 unspecified atom stereocenters. The molecule has 0 aliphatic carbocycles. The van der Waals surface area contributed by atoms with Crippen molar-refractivity contribution in [3.63, 3.8) is 0 Å². The Morgan fingerprint density at radius 1 is 1.15 bits per heavy atom. The topological polar surface area (TPSA) is 90.7 Å². The molecule has 6 nitrogen and oxygen atoms in total. The maximum absolute atomic E-state index is 13.0. The number of hydrogen-bond donors (Lipinski definition) is 2. The van der Waals surface area contributed by atoms with Crippen LogP contribution in [0.25, 0.3) is 0 Å². The molecule has 2 N–H and O–H groups in total. The van der Waals surface area contributed by atoms with Crippen LogP contribution in [0.2, 0.25) is 0 Å². The molecule has 27 heavy (non-hydrogen) atoms. The summed E-state index contributed by atoms with van der Waals surface area (Å²) >= 11 is 0. The first kappa shape index (κ1) is 18.0. The maximum atomic E-state index is 13.0. The lowest BCUT2D eigenvalue weighted by molar-refractivity contribution is 0.102. The van der Waals surface area contributed by atoms with Crippen LogP contribution in [0.5, 0.6) is 0 Å². The molecule has 0 radical (unpaired) electrons. The van der Waals surface area contributed by atoms with Crippen LogP contribution in [0.1, 0.15) is 27.4 Å². The molecule has 3 aromatic rings. The van der Waals surface area contributed by atoms with Crippen LogP contribution in [0.3, 0.4) is 0 Å². The normalized spacial score (nSPS) is 10.1. The molecular weight excluding hydrogens is 345 g/mol. The summed E-state index contributed by atoms with van der Waals surface area (Å²) in [5.74, 6) is 0.171. The highest BCUT2D eigenvalue weighted by Crippen LogP contribution is 2.16. The molecule has 0 saturated carbocycles. The Morgan fingerprint density at radius 2 is 1.89 bits per heavy atom. The molecule has 1 amide bonds. The van der Waals surface area contributed by atoms with E-state index in [1.807, 2.05) is 6.07 Å². The van der Waals surface area contributed by atoms with Crippen LogP contribution in [-0.4, -0.2) is 15.9 Å². The van der Waals surface area contributed by atoms with Crippen molar-refractivity contribution in [2.45, 2.75) is 13.5 Å². The fourth-order valence-corrected chi connectivity index (χ4v) is 2.45. The predicted molar refractivity (Wildman–Crippen MR) is 99.6 cm³/mol. The Kier molecular flexibility index (Phi) is 5.38. The fraction of sp³-hybridized carbons (Fsp3) is 0.100. The molecule has 0 spiro atoms. The van der Waals surface area contributed by atoms with Crippen molar-refractivity contribution in [1.82, 2.24) is 9.97 Å². The van der Waals surface area contributed by atoms with Gasteiger partial charge in [0.25, 0.3) is 5.91 Å². The molecule has 1 aromatic heterocycles. The van der Waals surface area contributed by atoms with Gasteiger partial charge in [-0.1, -0.05) is 24.3 Å². The average Bonchev–Trinajstić information content (AvgIpc) is 2.67. The van der Waals surface area contributed by atoms with Crippen LogP contribution >= 0.6 is 0 Å². The largest absolute Gasteiger partial charge is 0.366 e. The number of halogens is 1. The lowest BCUT2D eigenvalue weighted by Gasteiger charge is -2.10. The summed E-state index contributed by atoms with van der Waals surface area (Å²) < 4.78 is 13.0. The molecule has 0 bridgehead atoms. The summed E-state index contributed by atoms with van der Waals surface area (Å²) in [4.78, 5) is 20.9. The number of aryl methyl sites for hydroxylation is 1. The second-order valence-electron chi connectivity index (χ2n) is 5.78. The number of benzene rings is 2. The smallest absolute Gasteiger partial charge is 0.274 e. The van der Waals surface area contributed by atoms with Gasteiger partial charge in [-0.3, -0.25) is 4.79 Å². The number of anilines is 2. The minimum atomic E-state index is -0.437. The van der Waals surface area contributed by atoms with Crippen molar-refractivity contribution in [3.8, 4) is 6.07 Å². The Morgan fingerprint density at radius 3 is 2.63 bits per heavy atom. The average molecular weight is 361 g/mol. The molecule has 0 aliphatic heterocycles. The highest BCUT2D eigenvalue weighted by Gasteiger charge is 2.12. The highest BCUT2D eigenvalue weighted by atomic mass is 19.1. The predicted octanol–water partition coefficient (Wildman–Crippen LogP) is 3.66. The molecule has 3 rings (SSSR count). The van der Waals surface area contributed by atoms with E-state index in [0.717, 1.165) is 5.56 Å². The minimum absolute atomic E-state index is 0.178. The zero-order valence-corrected chi connectivity index (χ0v) is 14.5. The summed E-state index contributed by atoms with van der Waals surface area (Å²) in [7, 11) is 0. The van der Waals surface area contributed by atoms with Crippen molar-refractivity contribution in [1.29, 1.82) is 5.26 Å². The Balaban J connectivity index is 1.75. The van der Waals surface area contributed by atoms with Gasteiger partial charge in [0.15, 0.2) is 0 Å². The number of para-hydroxylation sites is 1. The van der Waals surface area contributed by atoms with Crippen molar-refractivity contribution >= 4 is 17.4 Å². The number of nitrogens with zero attached hydrogens (tertiary/aromatic N) is 3. The van der Waals surface area contributed by atoms with E-state index >= 15 is 0 Å². The summed E-state index contributed by atoms with van der Waals surface area (Å²) in [5.41, 5.74) is 1.84. The first-order valence-corrected chi connectivity index (χ1v) is 8.19. The zero-order chi connectivity index (χ0) is 19.2. The van der Waals surface area contributed by atoms with Gasteiger partial charge in [0.05, 0.1) is 11.3 Å². The van der Waals surface area contributed by atoms with Crippen molar-refractivity contribution < 1.29 is 9.18 Å². The number of amides is 1. The molecule has 0 aliphatic rings. The van der Waals surface area contributed by atoms with Crippen molar-refractivity contribution in [3.05, 3.63) is 83.1 Å². The van der Waals surface area contributed by atoms with Gasteiger partial charge in [0.2, 0.25) is 0 Å². The standard InChI is InChI=1S/C20H16FN5O/c1-13-24-18(20(27)26-17-5-3-2-4-15(17)11-22)10-19(25-13)23-12-14-6-8-16(21)9-7-14/h2-10H,12H2,1H3,(H,26,27)(H,23,24,25). The Labute approximate surface area is 155 Å². The molecule has 2 aromatic carbocycles. The number of nitrogens with one attached hydrogen (secondary N) is 2. The first-order chi connectivity index (χ1) is 13.0. The molecule has 134 valence electrons. The number of carbonyl (C=O) groups is 1. The SMILES string of the molecule is Cc1nc(NCc2ccc(F)cc2)cc(C(=O)Nc2ccccc2C#N)n1. The third kappa shape index (κ3) is 4.64. The van der Waals surface area contributed by atoms with E-state index < -0.39 is 5.91 Å². The number of nitriles is 1. The molecule has 1 heterocycles. The van der Waals surface area contributed by atoms with Gasteiger partial charge in [-0.2, -0.15) is 5.26 Å². The number of carbonyl (C=O) groups excluding carboxylic acids is 1. The maximum Gasteiger partial charge on any atom is 0.274 e. The van der Waals surface area contributed by atoms with Crippen LogP contribution < -0.4 is 10.6 Å². The van der Waals surface area contributed by atoms with Gasteiger partial charge in [-0.15, -0.1) is 0 Å². The van der Waals surface area contributed by atoms with Gasteiger partial charge in [-0.05, 0) is 36.8 Å². The van der Waals surface area contributed by atoms with Crippen LogP contribution in [0.15, 0.2) is 54.6 Å².